The summed E-state index contributed by atoms with van der Waals surface area (Å²) >= 11 is 2.60. The van der Waals surface area contributed by atoms with Crippen molar-refractivity contribution in [1.29, 1.82) is 0 Å². The number of rotatable bonds is 5. The van der Waals surface area contributed by atoms with Crippen LogP contribution in [0.4, 0.5) is 5.69 Å². The highest BCUT2D eigenvalue weighted by Crippen LogP contribution is 2.28. The van der Waals surface area contributed by atoms with E-state index in [9.17, 15) is 4.79 Å². The predicted octanol–water partition coefficient (Wildman–Crippen LogP) is 3.60. The number of benzene rings is 1. The molecule has 0 radical (unpaired) electrons. The molecule has 0 spiro atoms. The van der Waals surface area contributed by atoms with Crippen LogP contribution < -0.4 is 5.32 Å². The van der Waals surface area contributed by atoms with Gasteiger partial charge in [0.1, 0.15) is 4.88 Å². The van der Waals surface area contributed by atoms with Gasteiger partial charge < -0.3 is 5.32 Å². The quantitative estimate of drug-likeness (QED) is 0.703. The maximum Gasteiger partial charge on any atom is 0.269 e. The topological polar surface area (TPSA) is 80.7 Å². The summed E-state index contributed by atoms with van der Waals surface area (Å²) in [5, 5.41) is 7.59. The van der Waals surface area contributed by atoms with Gasteiger partial charge in [-0.05, 0) is 66.5 Å². The molecule has 122 valence electrons. The molecule has 24 heavy (non-hydrogen) atoms. The van der Waals surface area contributed by atoms with Crippen LogP contribution in [-0.4, -0.2) is 25.5 Å². The second-order valence-electron chi connectivity index (χ2n) is 4.97. The Hall–Kier alpha value is -2.32. The van der Waals surface area contributed by atoms with Gasteiger partial charge in [-0.1, -0.05) is 11.4 Å². The van der Waals surface area contributed by atoms with E-state index in [1.54, 1.807) is 18.5 Å². The van der Waals surface area contributed by atoms with E-state index < -0.39 is 0 Å². The molecule has 0 saturated heterocycles. The molecule has 2 heterocycles. The maximum atomic E-state index is 12.4. The number of aromatic nitrogens is 4. The number of hydrogen-bond donors (Lipinski definition) is 1. The molecular weight excluding hydrogens is 342 g/mol. The van der Waals surface area contributed by atoms with E-state index in [-0.39, 0.29) is 5.91 Å². The van der Waals surface area contributed by atoms with Crippen molar-refractivity contribution in [3.05, 3.63) is 52.8 Å². The average Bonchev–Trinajstić information content (AvgIpc) is 3.07. The highest BCUT2D eigenvalue weighted by Gasteiger charge is 2.16. The van der Waals surface area contributed by atoms with E-state index in [2.05, 4.69) is 24.9 Å². The molecule has 0 aliphatic carbocycles. The lowest BCUT2D eigenvalue weighted by Crippen LogP contribution is -2.13. The third kappa shape index (κ3) is 3.77. The minimum atomic E-state index is -0.170. The third-order valence-electron chi connectivity index (χ3n) is 3.29. The van der Waals surface area contributed by atoms with Gasteiger partial charge >= 0.3 is 0 Å². The molecule has 3 rings (SSSR count). The zero-order chi connectivity index (χ0) is 16.9. The van der Waals surface area contributed by atoms with Crippen molar-refractivity contribution in [2.75, 3.05) is 5.32 Å². The van der Waals surface area contributed by atoms with E-state index in [1.165, 1.54) is 11.8 Å². The summed E-state index contributed by atoms with van der Waals surface area (Å²) in [7, 11) is 0. The summed E-state index contributed by atoms with van der Waals surface area (Å²) in [6.07, 6.45) is 4.11. The van der Waals surface area contributed by atoms with Gasteiger partial charge in [-0.2, -0.15) is 0 Å². The van der Waals surface area contributed by atoms with Crippen molar-refractivity contribution >= 4 is 34.9 Å². The van der Waals surface area contributed by atoms with Crippen molar-refractivity contribution < 1.29 is 4.79 Å². The first-order valence-corrected chi connectivity index (χ1v) is 8.94. The summed E-state index contributed by atoms with van der Waals surface area (Å²) in [6, 6.07) is 7.61. The molecule has 2 aromatic heterocycles. The fourth-order valence-electron chi connectivity index (χ4n) is 2.07. The first-order chi connectivity index (χ1) is 11.7. The van der Waals surface area contributed by atoms with Gasteiger partial charge in [0.15, 0.2) is 5.16 Å². The number of anilines is 1. The monoisotopic (exact) mass is 357 g/mol. The lowest BCUT2D eigenvalue weighted by Gasteiger charge is -2.09. The number of nitrogens with one attached hydrogen (secondary N) is 1. The Morgan fingerprint density at radius 3 is 2.79 bits per heavy atom. The number of carbonyl (C=O) groups is 1. The first kappa shape index (κ1) is 16.5. The molecule has 0 saturated carbocycles. The first-order valence-electron chi connectivity index (χ1n) is 7.35. The SMILES string of the molecule is CCc1nnsc1C(=O)Nc1ccc(Sc2ncccn2)cc1C. The molecule has 1 N–H and O–H groups in total. The van der Waals surface area contributed by atoms with Crippen LogP contribution in [0.5, 0.6) is 0 Å². The summed E-state index contributed by atoms with van der Waals surface area (Å²) in [6.45, 7) is 3.91. The highest BCUT2D eigenvalue weighted by atomic mass is 32.2. The van der Waals surface area contributed by atoms with Crippen LogP contribution in [-0.2, 0) is 6.42 Å². The largest absolute Gasteiger partial charge is 0.321 e. The molecule has 8 heteroatoms. The summed E-state index contributed by atoms with van der Waals surface area (Å²) in [5.74, 6) is -0.170. The standard InChI is InChI=1S/C16H15N5OS2/c1-3-12-14(24-21-20-12)15(22)19-13-6-5-11(9-10(13)2)23-16-17-7-4-8-18-16/h4-9H,3H2,1-2H3,(H,19,22). The van der Waals surface area contributed by atoms with E-state index in [4.69, 9.17) is 0 Å². The Morgan fingerprint density at radius 1 is 1.29 bits per heavy atom. The van der Waals surface area contributed by atoms with Crippen molar-refractivity contribution in [2.24, 2.45) is 0 Å². The van der Waals surface area contributed by atoms with Crippen molar-refractivity contribution in [2.45, 2.75) is 30.3 Å². The highest BCUT2D eigenvalue weighted by molar-refractivity contribution is 7.99. The fourth-order valence-corrected chi connectivity index (χ4v) is 3.53. The van der Waals surface area contributed by atoms with Crippen LogP contribution in [0.3, 0.4) is 0 Å². The second-order valence-corrected chi connectivity index (χ2v) is 6.76. The van der Waals surface area contributed by atoms with Crippen molar-refractivity contribution in [3.8, 4) is 0 Å². The number of amides is 1. The van der Waals surface area contributed by atoms with Crippen LogP contribution in [0.1, 0.15) is 27.9 Å². The summed E-state index contributed by atoms with van der Waals surface area (Å²) in [4.78, 5) is 22.4. The molecular formula is C16H15N5OS2. The van der Waals surface area contributed by atoms with Gasteiger partial charge in [0, 0.05) is 23.0 Å². The van der Waals surface area contributed by atoms with Crippen molar-refractivity contribution in [3.63, 3.8) is 0 Å². The molecule has 0 atom stereocenters. The smallest absolute Gasteiger partial charge is 0.269 e. The minimum Gasteiger partial charge on any atom is -0.321 e. The van der Waals surface area contributed by atoms with Crippen LogP contribution in [0.25, 0.3) is 0 Å². The van der Waals surface area contributed by atoms with E-state index in [1.807, 2.05) is 32.0 Å². The van der Waals surface area contributed by atoms with E-state index in [0.717, 1.165) is 33.4 Å². The van der Waals surface area contributed by atoms with Crippen LogP contribution in [0.2, 0.25) is 0 Å². The molecule has 1 aromatic carbocycles. The average molecular weight is 357 g/mol. The van der Waals surface area contributed by atoms with Crippen LogP contribution in [0.15, 0.2) is 46.7 Å². The predicted molar refractivity (Wildman–Crippen MR) is 94.6 cm³/mol. The molecule has 3 aromatic rings. The lowest BCUT2D eigenvalue weighted by molar-refractivity contribution is 0.102. The van der Waals surface area contributed by atoms with Gasteiger partial charge in [-0.25, -0.2) is 9.97 Å². The van der Waals surface area contributed by atoms with Crippen LogP contribution in [0, 0.1) is 6.92 Å². The molecule has 0 aliphatic heterocycles. The molecule has 6 nitrogen and oxygen atoms in total. The van der Waals surface area contributed by atoms with Gasteiger partial charge in [0.25, 0.3) is 5.91 Å². The van der Waals surface area contributed by atoms with Crippen molar-refractivity contribution in [1.82, 2.24) is 19.6 Å². The van der Waals surface area contributed by atoms with Gasteiger partial charge in [-0.3, -0.25) is 4.79 Å². The lowest BCUT2D eigenvalue weighted by atomic mass is 10.2. The Labute approximate surface area is 147 Å². The minimum absolute atomic E-state index is 0.170. The Balaban J connectivity index is 1.74. The zero-order valence-electron chi connectivity index (χ0n) is 13.2. The van der Waals surface area contributed by atoms with E-state index in [0.29, 0.717) is 16.5 Å². The Morgan fingerprint density at radius 2 is 2.08 bits per heavy atom. The summed E-state index contributed by atoms with van der Waals surface area (Å²) in [5.41, 5.74) is 2.47. The number of carbonyl (C=O) groups excluding carboxylic acids is 1. The number of nitrogens with zero attached hydrogens (tertiary/aromatic N) is 4. The Bertz CT molecular complexity index is 851. The van der Waals surface area contributed by atoms with Gasteiger partial charge in [-0.15, -0.1) is 5.10 Å². The second kappa shape index (κ2) is 7.50. The summed E-state index contributed by atoms with van der Waals surface area (Å²) < 4.78 is 3.85. The zero-order valence-corrected chi connectivity index (χ0v) is 14.8. The van der Waals surface area contributed by atoms with Gasteiger partial charge in [0.2, 0.25) is 0 Å². The fraction of sp³-hybridized carbons (Fsp3) is 0.188. The molecule has 1 amide bonds. The van der Waals surface area contributed by atoms with E-state index >= 15 is 0 Å². The normalized spacial score (nSPS) is 10.6. The molecule has 0 fully saturated rings. The maximum absolute atomic E-state index is 12.4. The molecule has 0 bridgehead atoms. The Kier molecular flexibility index (Phi) is 5.17. The molecule has 0 aliphatic rings. The number of hydrogen-bond acceptors (Lipinski definition) is 7. The molecule has 0 unspecified atom stereocenters. The third-order valence-corrected chi connectivity index (χ3v) is 4.94. The van der Waals surface area contributed by atoms with Crippen LogP contribution >= 0.6 is 23.3 Å². The number of aryl methyl sites for hydroxylation is 2. The van der Waals surface area contributed by atoms with Gasteiger partial charge in [0.05, 0.1) is 5.69 Å².